The number of anilines is 1. The molecule has 0 unspecified atom stereocenters. The molecule has 0 N–H and O–H groups in total. The third-order valence-electron chi connectivity index (χ3n) is 4.61. The number of carbonyl (C=O) groups excluding carboxylic acids is 1. The van der Waals surface area contributed by atoms with Crippen molar-refractivity contribution in [3.8, 4) is 0 Å². The van der Waals surface area contributed by atoms with Crippen molar-refractivity contribution in [3.05, 3.63) is 78.2 Å². The zero-order valence-electron chi connectivity index (χ0n) is 14.5. The first-order valence-corrected chi connectivity index (χ1v) is 8.81. The van der Waals surface area contributed by atoms with E-state index in [-0.39, 0.29) is 5.91 Å². The van der Waals surface area contributed by atoms with Gasteiger partial charge in [-0.2, -0.15) is 5.10 Å². The molecule has 1 aromatic carbocycles. The maximum Gasteiger partial charge on any atom is 0.257 e. The van der Waals surface area contributed by atoms with Crippen LogP contribution in [-0.4, -0.2) is 51.8 Å². The van der Waals surface area contributed by atoms with E-state index in [1.54, 1.807) is 12.4 Å². The monoisotopic (exact) mass is 347 g/mol. The number of hydrogen-bond acceptors (Lipinski definition) is 4. The van der Waals surface area contributed by atoms with Crippen LogP contribution >= 0.6 is 0 Å². The minimum atomic E-state index is 0.0463. The van der Waals surface area contributed by atoms with E-state index < -0.39 is 0 Å². The topological polar surface area (TPSA) is 54.3 Å². The summed E-state index contributed by atoms with van der Waals surface area (Å²) in [7, 11) is 0. The molecule has 0 spiro atoms. The molecule has 0 atom stereocenters. The van der Waals surface area contributed by atoms with Crippen molar-refractivity contribution in [2.45, 2.75) is 6.54 Å². The van der Waals surface area contributed by atoms with Gasteiger partial charge in [0.05, 0.1) is 18.3 Å². The van der Waals surface area contributed by atoms with Gasteiger partial charge in [0.1, 0.15) is 5.82 Å². The number of piperazine rings is 1. The lowest BCUT2D eigenvalue weighted by atomic mass is 10.2. The summed E-state index contributed by atoms with van der Waals surface area (Å²) in [6, 6.07) is 16.0. The summed E-state index contributed by atoms with van der Waals surface area (Å²) < 4.78 is 1.81. The van der Waals surface area contributed by atoms with E-state index in [0.29, 0.717) is 25.2 Å². The van der Waals surface area contributed by atoms with Gasteiger partial charge in [-0.1, -0.05) is 36.4 Å². The van der Waals surface area contributed by atoms with Crippen molar-refractivity contribution in [1.82, 2.24) is 19.7 Å². The van der Waals surface area contributed by atoms with Crippen LogP contribution in [0.4, 0.5) is 5.82 Å². The van der Waals surface area contributed by atoms with E-state index in [1.165, 1.54) is 5.56 Å². The van der Waals surface area contributed by atoms with Crippen molar-refractivity contribution in [1.29, 1.82) is 0 Å². The summed E-state index contributed by atoms with van der Waals surface area (Å²) in [5, 5.41) is 4.34. The Bertz CT molecular complexity index is 854. The Labute approximate surface area is 152 Å². The third kappa shape index (κ3) is 3.59. The lowest BCUT2D eigenvalue weighted by Gasteiger charge is -2.35. The minimum absolute atomic E-state index is 0.0463. The van der Waals surface area contributed by atoms with E-state index in [2.05, 4.69) is 27.1 Å². The summed E-state index contributed by atoms with van der Waals surface area (Å²) in [6.45, 7) is 3.64. The van der Waals surface area contributed by atoms with Crippen LogP contribution in [0.3, 0.4) is 0 Å². The van der Waals surface area contributed by atoms with E-state index in [0.717, 1.165) is 18.9 Å². The molecular formula is C20H21N5O. The molecule has 0 radical (unpaired) electrons. The Morgan fingerprint density at radius 3 is 2.46 bits per heavy atom. The molecule has 26 heavy (non-hydrogen) atoms. The highest BCUT2D eigenvalue weighted by Crippen LogP contribution is 2.14. The highest BCUT2D eigenvalue weighted by Gasteiger charge is 2.23. The number of aromatic nitrogens is 3. The second-order valence-corrected chi connectivity index (χ2v) is 6.38. The first kappa shape index (κ1) is 16.3. The van der Waals surface area contributed by atoms with Crippen molar-refractivity contribution >= 4 is 11.7 Å². The molecule has 4 rings (SSSR count). The number of nitrogens with zero attached hydrogens (tertiary/aromatic N) is 5. The lowest BCUT2D eigenvalue weighted by molar-refractivity contribution is 0.0746. The van der Waals surface area contributed by atoms with Crippen LogP contribution in [0.25, 0.3) is 0 Å². The van der Waals surface area contributed by atoms with Crippen LogP contribution in [-0.2, 0) is 6.54 Å². The molecule has 1 amide bonds. The number of hydrogen-bond donors (Lipinski definition) is 0. The zero-order chi connectivity index (χ0) is 17.8. The molecule has 3 aromatic rings. The molecule has 2 aromatic heterocycles. The highest BCUT2D eigenvalue weighted by atomic mass is 16.2. The van der Waals surface area contributed by atoms with Gasteiger partial charge in [0.2, 0.25) is 0 Å². The molecular weight excluding hydrogens is 326 g/mol. The van der Waals surface area contributed by atoms with E-state index >= 15 is 0 Å². The van der Waals surface area contributed by atoms with Crippen molar-refractivity contribution in [2.75, 3.05) is 31.1 Å². The van der Waals surface area contributed by atoms with Gasteiger partial charge in [-0.3, -0.25) is 9.48 Å². The van der Waals surface area contributed by atoms with E-state index in [1.807, 2.05) is 52.2 Å². The summed E-state index contributed by atoms with van der Waals surface area (Å²) in [6.07, 6.45) is 5.30. The molecule has 0 bridgehead atoms. The number of pyridine rings is 1. The average Bonchev–Trinajstić information content (AvgIpc) is 3.17. The minimum Gasteiger partial charge on any atom is -0.353 e. The second-order valence-electron chi connectivity index (χ2n) is 6.38. The van der Waals surface area contributed by atoms with Gasteiger partial charge in [-0.15, -0.1) is 0 Å². The predicted octanol–water partition coefficient (Wildman–Crippen LogP) is 2.29. The molecule has 0 saturated carbocycles. The van der Waals surface area contributed by atoms with Crippen LogP contribution in [0, 0.1) is 0 Å². The smallest absolute Gasteiger partial charge is 0.257 e. The Hall–Kier alpha value is -3.15. The Balaban J connectivity index is 1.37. The molecule has 132 valence electrons. The predicted molar refractivity (Wildman–Crippen MR) is 100 cm³/mol. The van der Waals surface area contributed by atoms with Gasteiger partial charge >= 0.3 is 0 Å². The van der Waals surface area contributed by atoms with Crippen LogP contribution < -0.4 is 4.90 Å². The van der Waals surface area contributed by atoms with Gasteiger partial charge in [0.25, 0.3) is 5.91 Å². The second kappa shape index (κ2) is 7.39. The number of carbonyl (C=O) groups is 1. The lowest BCUT2D eigenvalue weighted by Crippen LogP contribution is -2.49. The summed E-state index contributed by atoms with van der Waals surface area (Å²) in [5.74, 6) is 1.01. The maximum atomic E-state index is 12.7. The van der Waals surface area contributed by atoms with Crippen molar-refractivity contribution in [2.24, 2.45) is 0 Å². The highest BCUT2D eigenvalue weighted by molar-refractivity contribution is 5.93. The molecule has 3 heterocycles. The van der Waals surface area contributed by atoms with Crippen LogP contribution in [0.1, 0.15) is 15.9 Å². The quantitative estimate of drug-likeness (QED) is 0.727. The third-order valence-corrected chi connectivity index (χ3v) is 4.61. The van der Waals surface area contributed by atoms with Gasteiger partial charge in [-0.05, 0) is 17.7 Å². The molecule has 6 nitrogen and oxygen atoms in total. The summed E-state index contributed by atoms with van der Waals surface area (Å²) in [4.78, 5) is 21.2. The SMILES string of the molecule is O=C(c1cnn(Cc2ccccc2)c1)N1CCN(c2ccccn2)CC1. The fourth-order valence-electron chi connectivity index (χ4n) is 3.19. The Kier molecular flexibility index (Phi) is 4.64. The largest absolute Gasteiger partial charge is 0.353 e. The van der Waals surface area contributed by atoms with Crippen molar-refractivity contribution < 1.29 is 4.79 Å². The van der Waals surface area contributed by atoms with E-state index in [4.69, 9.17) is 0 Å². The number of amides is 1. The molecule has 1 fully saturated rings. The standard InChI is InChI=1S/C20H21N5O/c26-20(18-14-22-25(16-18)15-17-6-2-1-3-7-17)24-12-10-23(11-13-24)19-8-4-5-9-21-19/h1-9,14,16H,10-13,15H2. The van der Waals surface area contributed by atoms with Crippen LogP contribution in [0.5, 0.6) is 0 Å². The molecule has 1 aliphatic heterocycles. The number of rotatable bonds is 4. The fourth-order valence-corrected chi connectivity index (χ4v) is 3.19. The fraction of sp³-hybridized carbons (Fsp3) is 0.250. The van der Waals surface area contributed by atoms with Gasteiger partial charge in [-0.25, -0.2) is 4.98 Å². The maximum absolute atomic E-state index is 12.7. The summed E-state index contributed by atoms with van der Waals surface area (Å²) >= 11 is 0. The Morgan fingerprint density at radius 2 is 1.73 bits per heavy atom. The average molecular weight is 347 g/mol. The molecule has 1 aliphatic rings. The molecule has 1 saturated heterocycles. The first-order chi connectivity index (χ1) is 12.8. The number of benzene rings is 1. The summed E-state index contributed by atoms with van der Waals surface area (Å²) in [5.41, 5.74) is 1.81. The zero-order valence-corrected chi connectivity index (χ0v) is 14.5. The normalized spacial score (nSPS) is 14.5. The van der Waals surface area contributed by atoms with Crippen LogP contribution in [0.15, 0.2) is 67.1 Å². The Morgan fingerprint density at radius 1 is 0.962 bits per heavy atom. The van der Waals surface area contributed by atoms with Gasteiger partial charge in [0.15, 0.2) is 0 Å². The van der Waals surface area contributed by atoms with Crippen LogP contribution in [0.2, 0.25) is 0 Å². The van der Waals surface area contributed by atoms with Crippen molar-refractivity contribution in [3.63, 3.8) is 0 Å². The first-order valence-electron chi connectivity index (χ1n) is 8.81. The molecule has 0 aliphatic carbocycles. The van der Waals surface area contributed by atoms with E-state index in [9.17, 15) is 4.79 Å². The van der Waals surface area contributed by atoms with Gasteiger partial charge in [0, 0.05) is 38.6 Å². The molecule has 6 heteroatoms. The van der Waals surface area contributed by atoms with Gasteiger partial charge < -0.3 is 9.80 Å².